The monoisotopic (exact) mass is 514 g/mol. The molecule has 0 saturated carbocycles. The quantitative estimate of drug-likeness (QED) is 0.207. The summed E-state index contributed by atoms with van der Waals surface area (Å²) in [6.45, 7) is 1.52. The van der Waals surface area contributed by atoms with E-state index < -0.39 is 16.4 Å². The van der Waals surface area contributed by atoms with Gasteiger partial charge in [0, 0.05) is 35.7 Å². The Hall–Kier alpha value is -5.04. The van der Waals surface area contributed by atoms with Gasteiger partial charge in [0.2, 0.25) is 4.77 Å². The average molecular weight is 515 g/mol. The predicted octanol–water partition coefficient (Wildman–Crippen LogP) is 3.29. The number of aromatic nitrogens is 6. The van der Waals surface area contributed by atoms with Gasteiger partial charge < -0.3 is 0 Å². The first-order valence-corrected chi connectivity index (χ1v) is 11.4. The maximum absolute atomic E-state index is 13.3. The number of aryl methyl sites for hydroxylation is 1. The fraction of sp³-hybridized carbons (Fsp3) is 0.0833. The summed E-state index contributed by atoms with van der Waals surface area (Å²) in [6.07, 6.45) is 3.01. The smallest absolute Gasteiger partial charge is 0.271 e. The van der Waals surface area contributed by atoms with E-state index in [0.29, 0.717) is 22.8 Å². The molecule has 37 heavy (non-hydrogen) atoms. The van der Waals surface area contributed by atoms with Crippen LogP contribution in [0.1, 0.15) is 16.2 Å². The molecule has 13 heteroatoms. The number of amides is 1. The lowest BCUT2D eigenvalue weighted by Gasteiger charge is -2.11. The van der Waals surface area contributed by atoms with E-state index >= 15 is 0 Å². The van der Waals surface area contributed by atoms with Crippen molar-refractivity contribution in [2.45, 2.75) is 13.6 Å². The molecule has 3 heterocycles. The fourth-order valence-corrected chi connectivity index (χ4v) is 4.01. The van der Waals surface area contributed by atoms with Crippen LogP contribution >= 0.6 is 12.2 Å². The zero-order chi connectivity index (χ0) is 26.1. The third-order valence-corrected chi connectivity index (χ3v) is 6.04. The Morgan fingerprint density at radius 3 is 2.54 bits per heavy atom. The van der Waals surface area contributed by atoms with Crippen molar-refractivity contribution in [2.75, 3.05) is 5.43 Å². The number of rotatable bonds is 6. The summed E-state index contributed by atoms with van der Waals surface area (Å²) < 4.78 is 4.28. The molecular formula is C24H18N8O4S. The molecule has 0 atom stereocenters. The summed E-state index contributed by atoms with van der Waals surface area (Å²) in [5, 5.41) is 15.9. The minimum Gasteiger partial charge on any atom is -0.276 e. The highest BCUT2D eigenvalue weighted by molar-refractivity contribution is 7.71. The van der Waals surface area contributed by atoms with Gasteiger partial charge in [0.25, 0.3) is 17.2 Å². The van der Waals surface area contributed by atoms with Crippen LogP contribution in [0.25, 0.3) is 22.3 Å². The van der Waals surface area contributed by atoms with Crippen molar-refractivity contribution >= 4 is 34.7 Å². The topological polar surface area (TPSA) is 143 Å². The first-order chi connectivity index (χ1) is 17.8. The van der Waals surface area contributed by atoms with Gasteiger partial charge in [-0.3, -0.25) is 34.7 Å². The van der Waals surface area contributed by atoms with Gasteiger partial charge in [-0.05, 0) is 37.3 Å². The fourth-order valence-electron chi connectivity index (χ4n) is 3.78. The highest BCUT2D eigenvalue weighted by Gasteiger charge is 2.18. The van der Waals surface area contributed by atoms with Crippen molar-refractivity contribution in [2.24, 2.45) is 0 Å². The molecule has 0 saturated heterocycles. The number of nitro groups is 1. The number of fused-ring (bicyclic) bond motifs is 1. The minimum absolute atomic E-state index is 0.0958. The van der Waals surface area contributed by atoms with Gasteiger partial charge in [0.15, 0.2) is 5.82 Å². The number of hydrogen-bond donors (Lipinski definition) is 1. The zero-order valence-corrected chi connectivity index (χ0v) is 20.1. The Morgan fingerprint density at radius 1 is 1.11 bits per heavy atom. The lowest BCUT2D eigenvalue weighted by Crippen LogP contribution is -2.28. The van der Waals surface area contributed by atoms with Crippen LogP contribution in [0.5, 0.6) is 0 Å². The van der Waals surface area contributed by atoms with Crippen molar-refractivity contribution < 1.29 is 9.72 Å². The molecule has 5 rings (SSSR count). The molecular weight excluding hydrogens is 496 g/mol. The number of nitro benzene ring substituents is 1. The van der Waals surface area contributed by atoms with E-state index in [9.17, 15) is 19.7 Å². The van der Waals surface area contributed by atoms with Crippen molar-refractivity contribution in [1.82, 2.24) is 29.0 Å². The molecule has 12 nitrogen and oxygen atoms in total. The van der Waals surface area contributed by atoms with Gasteiger partial charge in [0.1, 0.15) is 12.5 Å². The Kier molecular flexibility index (Phi) is 6.11. The summed E-state index contributed by atoms with van der Waals surface area (Å²) in [4.78, 5) is 45.0. The van der Waals surface area contributed by atoms with Gasteiger partial charge in [-0.1, -0.05) is 30.3 Å². The number of benzene rings is 2. The molecule has 0 bridgehead atoms. The van der Waals surface area contributed by atoms with Crippen LogP contribution in [-0.4, -0.2) is 39.8 Å². The lowest BCUT2D eigenvalue weighted by atomic mass is 10.2. The number of non-ortho nitro benzene ring substituents is 1. The minimum atomic E-state index is -0.542. The van der Waals surface area contributed by atoms with E-state index in [1.54, 1.807) is 19.1 Å². The summed E-state index contributed by atoms with van der Waals surface area (Å²) in [5.74, 6) is 0.261. The molecule has 0 aliphatic carbocycles. The number of carbonyl (C=O) groups excluding carboxylic acids is 1. The van der Waals surface area contributed by atoms with Crippen molar-refractivity contribution in [1.29, 1.82) is 0 Å². The van der Waals surface area contributed by atoms with E-state index in [1.165, 1.54) is 44.5 Å². The van der Waals surface area contributed by atoms with Crippen LogP contribution in [0.3, 0.4) is 0 Å². The molecule has 2 aromatic carbocycles. The molecule has 3 aromatic heterocycles. The van der Waals surface area contributed by atoms with E-state index in [1.807, 2.05) is 30.3 Å². The van der Waals surface area contributed by atoms with Gasteiger partial charge >= 0.3 is 0 Å². The molecule has 0 unspecified atom stereocenters. The van der Waals surface area contributed by atoms with Crippen LogP contribution in [0.2, 0.25) is 0 Å². The SMILES string of the molecule is Cc1nc2cc([N+](=O)[O-])ccc2c(=O)n1Cn1nc(-c2ccccc2)n(NC(=O)c2ccncc2)c1=S. The van der Waals surface area contributed by atoms with Gasteiger partial charge in [-0.25, -0.2) is 14.3 Å². The molecule has 1 N–H and O–H groups in total. The van der Waals surface area contributed by atoms with E-state index in [-0.39, 0.29) is 28.0 Å². The van der Waals surface area contributed by atoms with Crippen LogP contribution in [0.4, 0.5) is 5.69 Å². The average Bonchev–Trinajstić information content (AvgIpc) is 3.21. The Bertz CT molecular complexity index is 1780. The second kappa shape index (κ2) is 9.54. The largest absolute Gasteiger partial charge is 0.276 e. The number of pyridine rings is 1. The van der Waals surface area contributed by atoms with Crippen LogP contribution in [0, 0.1) is 21.8 Å². The summed E-state index contributed by atoms with van der Waals surface area (Å²) in [6, 6.07) is 16.2. The Labute approximate surface area is 213 Å². The van der Waals surface area contributed by atoms with Crippen molar-refractivity contribution in [3.63, 3.8) is 0 Å². The third-order valence-electron chi connectivity index (χ3n) is 5.64. The highest BCUT2D eigenvalue weighted by Crippen LogP contribution is 2.19. The number of carbonyl (C=O) groups is 1. The first kappa shape index (κ1) is 23.7. The van der Waals surface area contributed by atoms with E-state index in [2.05, 4.69) is 20.5 Å². The molecule has 184 valence electrons. The van der Waals surface area contributed by atoms with E-state index in [0.717, 1.165) is 0 Å². The summed E-state index contributed by atoms with van der Waals surface area (Å²) in [5.41, 5.74) is 3.49. The molecule has 0 aliphatic heterocycles. The predicted molar refractivity (Wildman–Crippen MR) is 137 cm³/mol. The number of nitrogens with one attached hydrogen (secondary N) is 1. The normalized spacial score (nSPS) is 10.9. The summed E-state index contributed by atoms with van der Waals surface area (Å²) >= 11 is 5.63. The first-order valence-electron chi connectivity index (χ1n) is 11.0. The molecule has 0 spiro atoms. The van der Waals surface area contributed by atoms with Crippen LogP contribution in [0.15, 0.2) is 77.9 Å². The van der Waals surface area contributed by atoms with Crippen LogP contribution < -0.4 is 11.0 Å². The maximum Gasteiger partial charge on any atom is 0.271 e. The van der Waals surface area contributed by atoms with Gasteiger partial charge in [-0.2, -0.15) is 0 Å². The molecule has 1 amide bonds. The van der Waals surface area contributed by atoms with E-state index in [4.69, 9.17) is 12.2 Å². The molecule has 0 radical (unpaired) electrons. The number of nitrogens with zero attached hydrogens (tertiary/aromatic N) is 7. The Balaban J connectivity index is 1.59. The molecule has 0 fully saturated rings. The highest BCUT2D eigenvalue weighted by atomic mass is 32.1. The number of hydrogen-bond acceptors (Lipinski definition) is 8. The Morgan fingerprint density at radius 2 is 1.84 bits per heavy atom. The lowest BCUT2D eigenvalue weighted by molar-refractivity contribution is -0.384. The van der Waals surface area contributed by atoms with Gasteiger partial charge in [-0.15, -0.1) is 5.10 Å². The molecule has 0 aliphatic rings. The van der Waals surface area contributed by atoms with Crippen molar-refractivity contribution in [3.8, 4) is 11.4 Å². The zero-order valence-electron chi connectivity index (χ0n) is 19.3. The standard InChI is InChI=1S/C24H18N8O4S/c1-15-26-20-13-18(32(35)36)7-8-19(20)23(34)29(15)14-30-24(37)31(21(27-30)16-5-3-2-4-6-16)28-22(33)17-9-11-25-12-10-17/h2-13H,14H2,1H3,(H,28,33). The summed E-state index contributed by atoms with van der Waals surface area (Å²) in [7, 11) is 0. The second-order valence-corrected chi connectivity index (χ2v) is 8.34. The van der Waals surface area contributed by atoms with Crippen molar-refractivity contribution in [3.05, 3.63) is 110 Å². The molecule has 5 aromatic rings. The maximum atomic E-state index is 13.3. The van der Waals surface area contributed by atoms with Crippen LogP contribution in [-0.2, 0) is 6.67 Å². The third kappa shape index (κ3) is 4.50. The second-order valence-electron chi connectivity index (χ2n) is 7.98. The van der Waals surface area contributed by atoms with Gasteiger partial charge in [0.05, 0.1) is 15.8 Å².